The van der Waals surface area contributed by atoms with Crippen molar-refractivity contribution in [1.29, 1.82) is 0 Å². The van der Waals surface area contributed by atoms with Gasteiger partial charge < -0.3 is 9.55 Å². The van der Waals surface area contributed by atoms with Crippen LogP contribution in [-0.4, -0.2) is 14.5 Å². The molecule has 195 valence electrons. The Labute approximate surface area is 248 Å². The van der Waals surface area contributed by atoms with Crippen molar-refractivity contribution in [3.63, 3.8) is 0 Å². The normalized spacial score (nSPS) is 10.3. The molecule has 0 atom stereocenters. The summed E-state index contributed by atoms with van der Waals surface area (Å²) in [6, 6.07) is 55.4. The molecular formula is C36H25IrN3-2. The Morgan fingerprint density at radius 3 is 1.93 bits per heavy atom. The molecule has 5 aromatic carbocycles. The van der Waals surface area contributed by atoms with E-state index in [9.17, 15) is 0 Å². The third kappa shape index (κ3) is 5.84. The average molecular weight is 692 g/mol. The van der Waals surface area contributed by atoms with Gasteiger partial charge in [0.25, 0.3) is 0 Å². The molecule has 0 fully saturated rings. The van der Waals surface area contributed by atoms with Gasteiger partial charge in [-0.25, -0.2) is 0 Å². The number of hydrogen-bond donors (Lipinski definition) is 0. The van der Waals surface area contributed by atoms with Crippen molar-refractivity contribution < 1.29 is 20.1 Å². The van der Waals surface area contributed by atoms with E-state index in [1.807, 2.05) is 72.8 Å². The first-order chi connectivity index (χ1) is 19.4. The van der Waals surface area contributed by atoms with E-state index in [4.69, 9.17) is 4.98 Å². The van der Waals surface area contributed by atoms with Crippen LogP contribution >= 0.6 is 0 Å². The monoisotopic (exact) mass is 692 g/mol. The van der Waals surface area contributed by atoms with Crippen LogP contribution in [-0.2, 0) is 20.1 Å². The van der Waals surface area contributed by atoms with Gasteiger partial charge in [-0.2, -0.15) is 0 Å². The summed E-state index contributed by atoms with van der Waals surface area (Å²) >= 11 is 0. The van der Waals surface area contributed by atoms with E-state index >= 15 is 0 Å². The van der Waals surface area contributed by atoms with E-state index < -0.39 is 0 Å². The Bertz CT molecular complexity index is 1750. The summed E-state index contributed by atoms with van der Waals surface area (Å²) in [6.45, 7) is 0. The maximum Gasteiger partial charge on any atom is 0.0774 e. The van der Waals surface area contributed by atoms with Crippen LogP contribution in [0.2, 0.25) is 0 Å². The minimum Gasteiger partial charge on any atom is -0.333 e. The summed E-state index contributed by atoms with van der Waals surface area (Å²) in [5.74, 6) is 0.903. The molecule has 0 saturated heterocycles. The van der Waals surface area contributed by atoms with Crippen LogP contribution in [0.15, 0.2) is 152 Å². The average Bonchev–Trinajstić information content (AvgIpc) is 3.43. The molecule has 40 heavy (non-hydrogen) atoms. The molecule has 1 radical (unpaired) electrons. The Kier molecular flexibility index (Phi) is 8.72. The molecule has 4 heteroatoms. The topological polar surface area (TPSA) is 30.7 Å². The van der Waals surface area contributed by atoms with E-state index in [2.05, 4.69) is 94.5 Å². The van der Waals surface area contributed by atoms with E-state index in [0.717, 1.165) is 39.4 Å². The Balaban J connectivity index is 0.000000209. The van der Waals surface area contributed by atoms with Gasteiger partial charge in [0, 0.05) is 37.6 Å². The van der Waals surface area contributed by atoms with Crippen molar-refractivity contribution in [1.82, 2.24) is 14.5 Å². The van der Waals surface area contributed by atoms with Crippen molar-refractivity contribution in [2.24, 2.45) is 0 Å². The minimum atomic E-state index is 0. The zero-order valence-corrected chi connectivity index (χ0v) is 24.0. The summed E-state index contributed by atoms with van der Waals surface area (Å²) in [4.78, 5) is 9.14. The van der Waals surface area contributed by atoms with Crippen molar-refractivity contribution in [2.45, 2.75) is 0 Å². The second-order valence-electron chi connectivity index (χ2n) is 8.91. The van der Waals surface area contributed by atoms with Crippen molar-refractivity contribution in [3.8, 4) is 39.5 Å². The summed E-state index contributed by atoms with van der Waals surface area (Å²) < 4.78 is 2.24. The quantitative estimate of drug-likeness (QED) is 0.173. The molecule has 0 N–H and O–H groups in total. The molecule has 0 aliphatic heterocycles. The fraction of sp³-hybridized carbons (Fsp3) is 0. The molecule has 7 rings (SSSR count). The van der Waals surface area contributed by atoms with Crippen LogP contribution in [0.25, 0.3) is 50.5 Å². The molecule has 0 aliphatic carbocycles. The number of benzene rings is 5. The molecule has 3 nitrogen and oxygen atoms in total. The zero-order chi connectivity index (χ0) is 26.3. The van der Waals surface area contributed by atoms with E-state index in [1.165, 1.54) is 11.1 Å². The van der Waals surface area contributed by atoms with Gasteiger partial charge in [0.15, 0.2) is 0 Å². The number of rotatable bonds is 4. The molecule has 0 saturated carbocycles. The Hall–Kier alpha value is -4.63. The third-order valence-electron chi connectivity index (χ3n) is 6.39. The predicted molar refractivity (Wildman–Crippen MR) is 159 cm³/mol. The van der Waals surface area contributed by atoms with E-state index in [-0.39, 0.29) is 20.1 Å². The van der Waals surface area contributed by atoms with Crippen molar-refractivity contribution in [3.05, 3.63) is 164 Å². The Morgan fingerprint density at radius 2 is 1.20 bits per heavy atom. The van der Waals surface area contributed by atoms with Gasteiger partial charge in [-0.3, -0.25) is 4.98 Å². The fourth-order valence-corrected chi connectivity index (χ4v) is 4.59. The zero-order valence-electron chi connectivity index (χ0n) is 21.6. The molecule has 0 unspecified atom stereocenters. The van der Waals surface area contributed by atoms with Crippen LogP contribution in [0.3, 0.4) is 0 Å². The maximum atomic E-state index is 4.93. The Morgan fingerprint density at radius 1 is 0.550 bits per heavy atom. The number of hydrogen-bond acceptors (Lipinski definition) is 2. The second-order valence-corrected chi connectivity index (χ2v) is 8.91. The van der Waals surface area contributed by atoms with Gasteiger partial charge in [-0.05, 0) is 35.5 Å². The van der Waals surface area contributed by atoms with E-state index in [1.54, 1.807) is 6.20 Å². The second kappa shape index (κ2) is 12.9. The smallest absolute Gasteiger partial charge is 0.0774 e. The summed E-state index contributed by atoms with van der Waals surface area (Å²) in [5.41, 5.74) is 8.55. The number of pyridine rings is 1. The molecule has 0 aliphatic rings. The first-order valence-electron chi connectivity index (χ1n) is 12.9. The van der Waals surface area contributed by atoms with Crippen LogP contribution in [0.1, 0.15) is 0 Å². The number of fused-ring (bicyclic) bond motifs is 1. The van der Waals surface area contributed by atoms with Crippen LogP contribution in [0.5, 0.6) is 0 Å². The molecule has 2 heterocycles. The molecule has 0 bridgehead atoms. The maximum absolute atomic E-state index is 4.93. The predicted octanol–water partition coefficient (Wildman–Crippen LogP) is 8.71. The van der Waals surface area contributed by atoms with Crippen LogP contribution in [0.4, 0.5) is 0 Å². The largest absolute Gasteiger partial charge is 0.333 e. The summed E-state index contributed by atoms with van der Waals surface area (Å²) in [7, 11) is 0. The first-order valence-corrected chi connectivity index (χ1v) is 12.9. The van der Waals surface area contributed by atoms with Gasteiger partial charge in [-0.15, -0.1) is 71.8 Å². The molecular weight excluding hydrogens is 667 g/mol. The van der Waals surface area contributed by atoms with Crippen LogP contribution in [0, 0.1) is 12.1 Å². The van der Waals surface area contributed by atoms with Gasteiger partial charge in [-0.1, -0.05) is 72.8 Å². The number of imidazole rings is 1. The molecule has 2 aromatic heterocycles. The van der Waals surface area contributed by atoms with Gasteiger partial charge >= 0.3 is 0 Å². The minimum absolute atomic E-state index is 0. The number of para-hydroxylation sites is 3. The third-order valence-corrected chi connectivity index (χ3v) is 6.39. The van der Waals surface area contributed by atoms with Gasteiger partial charge in [0.1, 0.15) is 0 Å². The number of aromatic nitrogens is 3. The van der Waals surface area contributed by atoms with Crippen molar-refractivity contribution >= 4 is 11.0 Å². The number of nitrogens with zero attached hydrogens (tertiary/aromatic N) is 3. The summed E-state index contributed by atoms with van der Waals surface area (Å²) in [6.07, 6.45) is 1.79. The standard InChI is InChI=1S/C25H17N2.C11H8N.Ir/c1-3-11-19(12-4-1)21-15-7-9-17-23(21)27-24-18-10-8-16-22(24)26-25(27)20-13-5-2-6-14-20;1-2-6-10(7-3-1)11-8-4-5-9-12-11;/h1-13,15-18H;1-6,8-9H;/q2*-1;. The summed E-state index contributed by atoms with van der Waals surface area (Å²) in [5, 5.41) is 0. The fourth-order valence-electron chi connectivity index (χ4n) is 4.59. The van der Waals surface area contributed by atoms with Gasteiger partial charge in [0.2, 0.25) is 0 Å². The molecule has 0 spiro atoms. The SMILES string of the molecule is [Ir].[c-]1ccccc1-c1ccccn1.[c-]1ccccc1-c1nc2ccccc2n1-c1ccccc1-c1ccccc1. The first kappa shape index (κ1) is 27.0. The van der Waals surface area contributed by atoms with Gasteiger partial charge in [0.05, 0.1) is 16.9 Å². The van der Waals surface area contributed by atoms with Crippen molar-refractivity contribution in [2.75, 3.05) is 0 Å². The van der Waals surface area contributed by atoms with E-state index in [0.29, 0.717) is 0 Å². The molecule has 0 amide bonds. The molecule has 7 aromatic rings. The van der Waals surface area contributed by atoms with Crippen LogP contribution < -0.4 is 0 Å².